The zero-order valence-corrected chi connectivity index (χ0v) is 25.6. The molecule has 0 N–H and O–H groups in total. The lowest BCUT2D eigenvalue weighted by Gasteiger charge is -2.45. The maximum absolute atomic E-state index is 2.56. The van der Waals surface area contributed by atoms with Gasteiger partial charge in [-0.05, 0) is 100 Å². The summed E-state index contributed by atoms with van der Waals surface area (Å²) in [5, 5.41) is 0. The predicted molar refractivity (Wildman–Crippen MR) is 185 cm³/mol. The Hall–Kier alpha value is -4.24. The minimum atomic E-state index is 0.0603. The summed E-state index contributed by atoms with van der Waals surface area (Å²) in [7, 11) is 0. The maximum atomic E-state index is 2.56. The summed E-state index contributed by atoms with van der Waals surface area (Å²) < 4.78 is 0. The smallest absolute Gasteiger partial charge is 0.252 e. The summed E-state index contributed by atoms with van der Waals surface area (Å²) in [4.78, 5) is 5.10. The SMILES string of the molecule is CC(C)(C)c1ccc2c(c1)B1c3ccccc3N(c3ccccc3)c3cc(C4CCCCC4)cc(c31)N2c1ccccc1. The topological polar surface area (TPSA) is 6.48 Å². The largest absolute Gasteiger partial charge is 0.311 e. The summed E-state index contributed by atoms with van der Waals surface area (Å²) in [6.07, 6.45) is 6.57. The lowest BCUT2D eigenvalue weighted by Crippen LogP contribution is -2.61. The van der Waals surface area contributed by atoms with Crippen LogP contribution < -0.4 is 26.2 Å². The molecule has 43 heavy (non-hydrogen) atoms. The number of para-hydroxylation sites is 3. The van der Waals surface area contributed by atoms with E-state index in [0.717, 1.165) is 0 Å². The van der Waals surface area contributed by atoms with Gasteiger partial charge in [0.25, 0.3) is 6.71 Å². The third kappa shape index (κ3) is 4.32. The van der Waals surface area contributed by atoms with Gasteiger partial charge in [0.05, 0.1) is 0 Å². The van der Waals surface area contributed by atoms with Crippen molar-refractivity contribution in [3.8, 4) is 0 Å². The van der Waals surface area contributed by atoms with Gasteiger partial charge in [0.2, 0.25) is 0 Å². The number of nitrogens with zero attached hydrogens (tertiary/aromatic N) is 2. The quantitative estimate of drug-likeness (QED) is 0.200. The lowest BCUT2D eigenvalue weighted by atomic mass is 9.33. The second kappa shape index (κ2) is 10.2. The maximum Gasteiger partial charge on any atom is 0.252 e. The van der Waals surface area contributed by atoms with E-state index >= 15 is 0 Å². The fourth-order valence-electron chi connectivity index (χ4n) is 7.82. The molecule has 0 radical (unpaired) electrons. The Morgan fingerprint density at radius 2 is 1.12 bits per heavy atom. The third-order valence-corrected chi connectivity index (χ3v) is 9.97. The molecule has 1 saturated carbocycles. The van der Waals surface area contributed by atoms with E-state index in [9.17, 15) is 0 Å². The standard InChI is InChI=1S/C40H39BN2/c1-40(2,3)30-23-24-36-34(27-30)41-33-21-13-14-22-35(33)42(31-17-9-5-10-18-31)37-25-29(28-15-7-4-8-16-28)26-38(39(37)41)43(36)32-19-11-6-12-20-32/h5-6,9-14,17-28H,4,7-8,15-16H2,1-3H3. The molecule has 3 aliphatic rings. The van der Waals surface area contributed by atoms with Gasteiger partial charge in [-0.25, -0.2) is 0 Å². The average Bonchev–Trinajstić information content (AvgIpc) is 3.05. The van der Waals surface area contributed by atoms with Crippen LogP contribution in [-0.4, -0.2) is 6.71 Å². The normalized spacial score (nSPS) is 16.0. The molecular weight excluding hydrogens is 519 g/mol. The number of anilines is 6. The van der Waals surface area contributed by atoms with E-state index in [1.165, 1.54) is 93.7 Å². The summed E-state index contributed by atoms with van der Waals surface area (Å²) in [6, 6.07) is 43.5. The zero-order chi connectivity index (χ0) is 29.1. The first-order valence-electron chi connectivity index (χ1n) is 16.1. The van der Waals surface area contributed by atoms with E-state index in [2.05, 4.69) is 146 Å². The highest BCUT2D eigenvalue weighted by Gasteiger charge is 2.44. The van der Waals surface area contributed by atoms with Gasteiger partial charge in [0, 0.05) is 34.1 Å². The van der Waals surface area contributed by atoms with Gasteiger partial charge in [-0.2, -0.15) is 0 Å². The van der Waals surface area contributed by atoms with Gasteiger partial charge in [-0.3, -0.25) is 0 Å². The van der Waals surface area contributed by atoms with E-state index in [4.69, 9.17) is 0 Å². The molecule has 1 fully saturated rings. The summed E-state index contributed by atoms with van der Waals surface area (Å²) in [5.74, 6) is 0.603. The van der Waals surface area contributed by atoms with Crippen molar-refractivity contribution in [3.63, 3.8) is 0 Å². The molecule has 0 spiro atoms. The van der Waals surface area contributed by atoms with Crippen molar-refractivity contribution in [2.75, 3.05) is 9.80 Å². The molecule has 0 unspecified atom stereocenters. The molecule has 5 aromatic rings. The third-order valence-electron chi connectivity index (χ3n) is 9.97. The number of hydrogen-bond donors (Lipinski definition) is 0. The van der Waals surface area contributed by atoms with Gasteiger partial charge in [-0.15, -0.1) is 0 Å². The molecular formula is C40H39BN2. The van der Waals surface area contributed by atoms with E-state index in [1.54, 1.807) is 0 Å². The zero-order valence-electron chi connectivity index (χ0n) is 25.6. The molecule has 0 bridgehead atoms. The molecule has 212 valence electrons. The monoisotopic (exact) mass is 558 g/mol. The summed E-state index contributed by atoms with van der Waals surface area (Å²) in [6.45, 7) is 7.15. The van der Waals surface area contributed by atoms with Gasteiger partial charge >= 0.3 is 0 Å². The number of fused-ring (bicyclic) bond motifs is 4. The Morgan fingerprint density at radius 1 is 0.558 bits per heavy atom. The van der Waals surface area contributed by atoms with Gasteiger partial charge in [-0.1, -0.05) is 107 Å². The molecule has 2 nitrogen and oxygen atoms in total. The highest BCUT2D eigenvalue weighted by atomic mass is 15.2. The van der Waals surface area contributed by atoms with Crippen molar-refractivity contribution in [2.24, 2.45) is 0 Å². The van der Waals surface area contributed by atoms with Crippen LogP contribution in [0.3, 0.4) is 0 Å². The summed E-state index contributed by atoms with van der Waals surface area (Å²) >= 11 is 0. The predicted octanol–water partition coefficient (Wildman–Crippen LogP) is 9.11. The van der Waals surface area contributed by atoms with Crippen LogP contribution in [0, 0.1) is 0 Å². The Morgan fingerprint density at radius 3 is 1.72 bits per heavy atom. The Kier molecular flexibility index (Phi) is 6.26. The number of benzene rings is 5. The fourth-order valence-corrected chi connectivity index (χ4v) is 7.82. The second-order valence-electron chi connectivity index (χ2n) is 13.7. The Labute approximate surface area is 257 Å². The van der Waals surface area contributed by atoms with Crippen molar-refractivity contribution in [1.29, 1.82) is 0 Å². The van der Waals surface area contributed by atoms with Crippen LogP contribution in [-0.2, 0) is 5.41 Å². The molecule has 2 heterocycles. The number of hydrogen-bond acceptors (Lipinski definition) is 2. The average molecular weight is 559 g/mol. The minimum Gasteiger partial charge on any atom is -0.311 e. The summed E-state index contributed by atoms with van der Waals surface area (Å²) in [5.41, 5.74) is 14.8. The molecule has 0 aromatic heterocycles. The van der Waals surface area contributed by atoms with Crippen LogP contribution in [0.25, 0.3) is 0 Å². The first-order valence-corrected chi connectivity index (χ1v) is 16.1. The fraction of sp³-hybridized carbons (Fsp3) is 0.250. The van der Waals surface area contributed by atoms with Crippen LogP contribution in [0.15, 0.2) is 115 Å². The Balaban J connectivity index is 1.48. The van der Waals surface area contributed by atoms with Crippen LogP contribution in [0.2, 0.25) is 0 Å². The first-order chi connectivity index (χ1) is 21.0. The van der Waals surface area contributed by atoms with E-state index in [1.807, 2.05) is 0 Å². The molecule has 8 rings (SSSR count). The second-order valence-corrected chi connectivity index (χ2v) is 13.7. The molecule has 1 aliphatic carbocycles. The van der Waals surface area contributed by atoms with Crippen LogP contribution in [0.1, 0.15) is 69.9 Å². The first kappa shape index (κ1) is 26.4. The van der Waals surface area contributed by atoms with Crippen LogP contribution >= 0.6 is 0 Å². The molecule has 0 amide bonds. The van der Waals surface area contributed by atoms with Gasteiger partial charge < -0.3 is 9.80 Å². The molecule has 0 saturated heterocycles. The molecule has 5 aromatic carbocycles. The van der Waals surface area contributed by atoms with E-state index in [0.29, 0.717) is 5.92 Å². The van der Waals surface area contributed by atoms with Gasteiger partial charge in [0.1, 0.15) is 0 Å². The highest BCUT2D eigenvalue weighted by Crippen LogP contribution is 2.46. The van der Waals surface area contributed by atoms with Crippen molar-refractivity contribution < 1.29 is 0 Å². The highest BCUT2D eigenvalue weighted by molar-refractivity contribution is 7.00. The molecule has 0 atom stereocenters. The van der Waals surface area contributed by atoms with Crippen molar-refractivity contribution in [1.82, 2.24) is 0 Å². The minimum absolute atomic E-state index is 0.0603. The van der Waals surface area contributed by atoms with Gasteiger partial charge in [0.15, 0.2) is 0 Å². The van der Waals surface area contributed by atoms with Crippen molar-refractivity contribution >= 4 is 57.2 Å². The van der Waals surface area contributed by atoms with Crippen molar-refractivity contribution in [2.45, 2.75) is 64.2 Å². The van der Waals surface area contributed by atoms with Crippen LogP contribution in [0.5, 0.6) is 0 Å². The lowest BCUT2D eigenvalue weighted by molar-refractivity contribution is 0.444. The molecule has 2 aliphatic heterocycles. The van der Waals surface area contributed by atoms with Crippen LogP contribution in [0.4, 0.5) is 34.1 Å². The van der Waals surface area contributed by atoms with E-state index in [-0.39, 0.29) is 12.1 Å². The molecule has 3 heteroatoms. The van der Waals surface area contributed by atoms with Crippen molar-refractivity contribution in [3.05, 3.63) is 126 Å². The Bertz CT molecular complexity index is 1780. The van der Waals surface area contributed by atoms with E-state index < -0.39 is 0 Å². The number of rotatable bonds is 3.